The SMILES string of the molecule is CCCC(=O)O[C@H](C)c1ccco1. The molecule has 0 amide bonds. The van der Waals surface area contributed by atoms with Crippen LogP contribution in [-0.2, 0) is 9.53 Å². The van der Waals surface area contributed by atoms with E-state index in [0.717, 1.165) is 6.42 Å². The van der Waals surface area contributed by atoms with E-state index in [1.807, 2.05) is 6.92 Å². The molecule has 0 saturated heterocycles. The van der Waals surface area contributed by atoms with Crippen LogP contribution >= 0.6 is 0 Å². The summed E-state index contributed by atoms with van der Waals surface area (Å²) >= 11 is 0. The number of carbonyl (C=O) groups excluding carboxylic acids is 1. The minimum atomic E-state index is -0.283. The van der Waals surface area contributed by atoms with Gasteiger partial charge in [-0.1, -0.05) is 6.92 Å². The van der Waals surface area contributed by atoms with Gasteiger partial charge in [0.1, 0.15) is 5.76 Å². The van der Waals surface area contributed by atoms with Crippen LogP contribution in [0.5, 0.6) is 0 Å². The van der Waals surface area contributed by atoms with Crippen molar-refractivity contribution in [3.8, 4) is 0 Å². The largest absolute Gasteiger partial charge is 0.465 e. The highest BCUT2D eigenvalue weighted by Crippen LogP contribution is 2.17. The third-order valence-electron chi connectivity index (χ3n) is 1.71. The fraction of sp³-hybridized carbons (Fsp3) is 0.500. The van der Waals surface area contributed by atoms with E-state index in [1.165, 1.54) is 0 Å². The highest BCUT2D eigenvalue weighted by atomic mass is 16.5. The Morgan fingerprint density at radius 3 is 3.00 bits per heavy atom. The summed E-state index contributed by atoms with van der Waals surface area (Å²) in [6, 6.07) is 3.57. The van der Waals surface area contributed by atoms with Crippen molar-refractivity contribution in [2.24, 2.45) is 0 Å². The summed E-state index contributed by atoms with van der Waals surface area (Å²) < 4.78 is 10.2. The highest BCUT2D eigenvalue weighted by molar-refractivity contribution is 5.69. The van der Waals surface area contributed by atoms with Gasteiger partial charge in [-0.25, -0.2) is 0 Å². The Balaban J connectivity index is 2.42. The zero-order chi connectivity index (χ0) is 9.68. The van der Waals surface area contributed by atoms with E-state index in [9.17, 15) is 4.79 Å². The molecule has 3 nitrogen and oxygen atoms in total. The predicted octanol–water partition coefficient (Wildman–Crippen LogP) is 2.68. The molecule has 0 aliphatic carbocycles. The maximum absolute atomic E-state index is 11.1. The number of hydrogen-bond acceptors (Lipinski definition) is 3. The molecule has 0 fully saturated rings. The Labute approximate surface area is 77.7 Å². The Hall–Kier alpha value is -1.25. The maximum atomic E-state index is 11.1. The van der Waals surface area contributed by atoms with E-state index < -0.39 is 0 Å². The molecule has 0 aliphatic heterocycles. The highest BCUT2D eigenvalue weighted by Gasteiger charge is 2.12. The third kappa shape index (κ3) is 2.93. The van der Waals surface area contributed by atoms with Crippen molar-refractivity contribution in [1.82, 2.24) is 0 Å². The second-order valence-electron chi connectivity index (χ2n) is 2.90. The molecule has 13 heavy (non-hydrogen) atoms. The summed E-state index contributed by atoms with van der Waals surface area (Å²) in [5.41, 5.74) is 0. The van der Waals surface area contributed by atoms with Gasteiger partial charge in [0.25, 0.3) is 0 Å². The molecule has 3 heteroatoms. The van der Waals surface area contributed by atoms with Crippen molar-refractivity contribution in [1.29, 1.82) is 0 Å². The molecule has 1 rings (SSSR count). The summed E-state index contributed by atoms with van der Waals surface area (Å²) in [5.74, 6) is 0.510. The van der Waals surface area contributed by atoms with Crippen LogP contribution < -0.4 is 0 Å². The molecule has 0 aliphatic rings. The van der Waals surface area contributed by atoms with E-state index >= 15 is 0 Å². The average molecular weight is 182 g/mol. The van der Waals surface area contributed by atoms with Crippen molar-refractivity contribution in [2.75, 3.05) is 0 Å². The minimum Gasteiger partial charge on any atom is -0.465 e. The lowest BCUT2D eigenvalue weighted by atomic mass is 10.3. The fourth-order valence-corrected chi connectivity index (χ4v) is 1.04. The molecular weight excluding hydrogens is 168 g/mol. The van der Waals surface area contributed by atoms with E-state index in [2.05, 4.69) is 0 Å². The lowest BCUT2D eigenvalue weighted by molar-refractivity contribution is -0.149. The summed E-state index contributed by atoms with van der Waals surface area (Å²) in [7, 11) is 0. The summed E-state index contributed by atoms with van der Waals surface area (Å²) in [5, 5.41) is 0. The summed E-state index contributed by atoms with van der Waals surface area (Å²) in [4.78, 5) is 11.1. The molecular formula is C10H14O3. The molecule has 72 valence electrons. The number of furan rings is 1. The molecule has 0 radical (unpaired) electrons. The van der Waals surface area contributed by atoms with Crippen LogP contribution in [0.1, 0.15) is 38.6 Å². The second kappa shape index (κ2) is 4.70. The molecule has 0 N–H and O–H groups in total. The lowest BCUT2D eigenvalue weighted by Crippen LogP contribution is -2.07. The van der Waals surface area contributed by atoms with Gasteiger partial charge < -0.3 is 9.15 Å². The second-order valence-corrected chi connectivity index (χ2v) is 2.90. The first-order valence-corrected chi connectivity index (χ1v) is 4.47. The molecule has 0 bridgehead atoms. The van der Waals surface area contributed by atoms with E-state index in [-0.39, 0.29) is 12.1 Å². The third-order valence-corrected chi connectivity index (χ3v) is 1.71. The summed E-state index contributed by atoms with van der Waals surface area (Å²) in [6.07, 6.45) is 2.56. The minimum absolute atomic E-state index is 0.175. The number of esters is 1. The van der Waals surface area contributed by atoms with Crippen LogP contribution in [0.25, 0.3) is 0 Å². The summed E-state index contributed by atoms with van der Waals surface area (Å²) in [6.45, 7) is 3.74. The van der Waals surface area contributed by atoms with Crippen molar-refractivity contribution in [3.63, 3.8) is 0 Å². The van der Waals surface area contributed by atoms with Gasteiger partial charge in [-0.3, -0.25) is 4.79 Å². The van der Waals surface area contributed by atoms with Gasteiger partial charge >= 0.3 is 5.97 Å². The maximum Gasteiger partial charge on any atom is 0.306 e. The van der Waals surface area contributed by atoms with Gasteiger partial charge in [0.2, 0.25) is 0 Å². The standard InChI is InChI=1S/C10H14O3/c1-3-5-10(11)13-8(2)9-6-4-7-12-9/h4,6-8H,3,5H2,1-2H3/t8-/m1/s1. The van der Waals surface area contributed by atoms with Gasteiger partial charge in [-0.15, -0.1) is 0 Å². The Bertz CT molecular complexity index is 251. The monoisotopic (exact) mass is 182 g/mol. The Morgan fingerprint density at radius 2 is 2.46 bits per heavy atom. The van der Waals surface area contributed by atoms with Crippen LogP contribution in [0.3, 0.4) is 0 Å². The number of ether oxygens (including phenoxy) is 1. The normalized spacial score (nSPS) is 12.5. The molecule has 0 spiro atoms. The molecule has 0 unspecified atom stereocenters. The number of rotatable bonds is 4. The zero-order valence-electron chi connectivity index (χ0n) is 7.95. The predicted molar refractivity (Wildman–Crippen MR) is 48.1 cm³/mol. The molecule has 0 saturated carbocycles. The molecule has 1 atom stereocenters. The topological polar surface area (TPSA) is 39.4 Å². The molecule has 1 aromatic rings. The number of hydrogen-bond donors (Lipinski definition) is 0. The van der Waals surface area contributed by atoms with Crippen LogP contribution in [0, 0.1) is 0 Å². The smallest absolute Gasteiger partial charge is 0.306 e. The van der Waals surface area contributed by atoms with E-state index in [4.69, 9.17) is 9.15 Å². The molecule has 1 heterocycles. The first-order valence-electron chi connectivity index (χ1n) is 4.47. The van der Waals surface area contributed by atoms with Crippen LogP contribution in [0.2, 0.25) is 0 Å². The zero-order valence-corrected chi connectivity index (χ0v) is 7.95. The Kier molecular flexibility index (Phi) is 3.55. The first kappa shape index (κ1) is 9.84. The Morgan fingerprint density at radius 1 is 1.69 bits per heavy atom. The van der Waals surface area contributed by atoms with Gasteiger partial charge in [0.15, 0.2) is 6.10 Å². The van der Waals surface area contributed by atoms with Crippen molar-refractivity contribution in [2.45, 2.75) is 32.8 Å². The van der Waals surface area contributed by atoms with Gasteiger partial charge in [-0.05, 0) is 25.5 Å². The van der Waals surface area contributed by atoms with Crippen molar-refractivity contribution >= 4 is 5.97 Å². The molecule has 0 aromatic carbocycles. The van der Waals surface area contributed by atoms with Gasteiger partial charge in [0, 0.05) is 6.42 Å². The van der Waals surface area contributed by atoms with Crippen molar-refractivity contribution in [3.05, 3.63) is 24.2 Å². The molecule has 1 aromatic heterocycles. The van der Waals surface area contributed by atoms with Crippen LogP contribution in [-0.4, -0.2) is 5.97 Å². The first-order chi connectivity index (χ1) is 6.24. The van der Waals surface area contributed by atoms with Gasteiger partial charge in [0.05, 0.1) is 6.26 Å². The lowest BCUT2D eigenvalue weighted by Gasteiger charge is -2.09. The van der Waals surface area contributed by atoms with Crippen LogP contribution in [0.15, 0.2) is 22.8 Å². The van der Waals surface area contributed by atoms with E-state index in [0.29, 0.717) is 12.2 Å². The quantitative estimate of drug-likeness (QED) is 0.672. The van der Waals surface area contributed by atoms with Crippen molar-refractivity contribution < 1.29 is 13.9 Å². The van der Waals surface area contributed by atoms with Gasteiger partial charge in [-0.2, -0.15) is 0 Å². The number of carbonyl (C=O) groups is 1. The fourth-order valence-electron chi connectivity index (χ4n) is 1.04. The average Bonchev–Trinajstić information content (AvgIpc) is 2.55. The van der Waals surface area contributed by atoms with E-state index in [1.54, 1.807) is 25.3 Å². The van der Waals surface area contributed by atoms with Crippen LogP contribution in [0.4, 0.5) is 0 Å².